The second-order valence-electron chi connectivity index (χ2n) is 4.46. The highest BCUT2D eigenvalue weighted by Crippen LogP contribution is 2.33. The number of hydrogen-bond donors (Lipinski definition) is 1. The first-order chi connectivity index (χ1) is 9.67. The van der Waals surface area contributed by atoms with Crippen LogP contribution in [0.2, 0.25) is 4.34 Å². The fourth-order valence-electron chi connectivity index (χ4n) is 2.21. The van der Waals surface area contributed by atoms with Gasteiger partial charge >= 0.3 is 0 Å². The molecule has 3 rings (SSSR count). The molecule has 5 heteroatoms. The van der Waals surface area contributed by atoms with Crippen molar-refractivity contribution in [3.63, 3.8) is 0 Å². The number of furan rings is 1. The lowest BCUT2D eigenvalue weighted by Gasteiger charge is -2.13. The minimum Gasteiger partial charge on any atom is -0.459 e. The minimum absolute atomic E-state index is 0.0621. The van der Waals surface area contributed by atoms with Gasteiger partial charge in [0.15, 0.2) is 0 Å². The van der Waals surface area contributed by atoms with Crippen LogP contribution in [-0.4, -0.2) is 6.54 Å². The molecule has 1 atom stereocenters. The Labute approximate surface area is 125 Å². The molecule has 2 heterocycles. The van der Waals surface area contributed by atoms with E-state index in [1.165, 1.54) is 23.5 Å². The monoisotopic (exact) mass is 309 g/mol. The number of rotatable bonds is 4. The highest BCUT2D eigenvalue weighted by atomic mass is 35.5. The molecule has 1 unspecified atom stereocenters. The molecule has 0 aliphatic rings. The number of fused-ring (bicyclic) bond motifs is 1. The largest absolute Gasteiger partial charge is 0.459 e. The Bertz CT molecular complexity index is 736. The normalized spacial score (nSPS) is 12.9. The number of nitrogens with one attached hydrogen (secondary N) is 1. The van der Waals surface area contributed by atoms with Crippen molar-refractivity contribution < 1.29 is 8.81 Å². The Balaban J connectivity index is 2.04. The van der Waals surface area contributed by atoms with Gasteiger partial charge in [-0.3, -0.25) is 0 Å². The lowest BCUT2D eigenvalue weighted by atomic mass is 10.1. The second-order valence-corrected chi connectivity index (χ2v) is 6.21. The van der Waals surface area contributed by atoms with Gasteiger partial charge < -0.3 is 9.73 Å². The maximum absolute atomic E-state index is 13.2. The first-order valence-electron chi connectivity index (χ1n) is 6.35. The third-order valence-corrected chi connectivity index (χ3v) is 4.36. The summed E-state index contributed by atoms with van der Waals surface area (Å²) in [5, 5.41) is 4.14. The van der Waals surface area contributed by atoms with Crippen LogP contribution in [0.3, 0.4) is 0 Å². The molecule has 0 bridgehead atoms. The number of benzene rings is 1. The van der Waals surface area contributed by atoms with Gasteiger partial charge in [-0.1, -0.05) is 18.5 Å². The average Bonchev–Trinajstić information content (AvgIpc) is 3.01. The summed E-state index contributed by atoms with van der Waals surface area (Å²) in [6.45, 7) is 2.83. The molecule has 3 aromatic rings. The van der Waals surface area contributed by atoms with E-state index in [4.69, 9.17) is 16.0 Å². The molecule has 0 aliphatic carbocycles. The molecule has 0 aliphatic heterocycles. The lowest BCUT2D eigenvalue weighted by Crippen LogP contribution is -2.20. The minimum atomic E-state index is -0.260. The predicted molar refractivity (Wildman–Crippen MR) is 81.0 cm³/mol. The highest BCUT2D eigenvalue weighted by molar-refractivity contribution is 7.16. The van der Waals surface area contributed by atoms with Crippen LogP contribution in [0.1, 0.15) is 23.6 Å². The number of halogens is 2. The van der Waals surface area contributed by atoms with Gasteiger partial charge in [0.1, 0.15) is 23.2 Å². The van der Waals surface area contributed by atoms with Crippen molar-refractivity contribution >= 4 is 33.9 Å². The maximum Gasteiger partial charge on any atom is 0.134 e. The van der Waals surface area contributed by atoms with Crippen LogP contribution in [0.25, 0.3) is 11.0 Å². The number of hydrogen-bond acceptors (Lipinski definition) is 3. The van der Waals surface area contributed by atoms with Crippen molar-refractivity contribution in [1.29, 1.82) is 0 Å². The average molecular weight is 310 g/mol. The zero-order valence-corrected chi connectivity index (χ0v) is 12.4. The molecule has 20 heavy (non-hydrogen) atoms. The molecule has 1 aromatic carbocycles. The van der Waals surface area contributed by atoms with Gasteiger partial charge in [0.2, 0.25) is 0 Å². The van der Waals surface area contributed by atoms with Crippen LogP contribution >= 0.6 is 22.9 Å². The fraction of sp³-hybridized carbons (Fsp3) is 0.200. The summed E-state index contributed by atoms with van der Waals surface area (Å²) >= 11 is 7.51. The molecule has 0 fully saturated rings. The Morgan fingerprint density at radius 1 is 1.30 bits per heavy atom. The molecule has 0 saturated carbocycles. The van der Waals surface area contributed by atoms with Gasteiger partial charge in [-0.2, -0.15) is 0 Å². The predicted octanol–water partition coefficient (Wildman–Crippen LogP) is 4.99. The smallest absolute Gasteiger partial charge is 0.134 e. The van der Waals surface area contributed by atoms with Crippen molar-refractivity contribution in [2.24, 2.45) is 0 Å². The van der Waals surface area contributed by atoms with E-state index in [-0.39, 0.29) is 11.9 Å². The zero-order chi connectivity index (χ0) is 14.1. The van der Waals surface area contributed by atoms with Crippen LogP contribution in [0.5, 0.6) is 0 Å². The molecule has 0 radical (unpaired) electrons. The Morgan fingerprint density at radius 2 is 2.15 bits per heavy atom. The summed E-state index contributed by atoms with van der Waals surface area (Å²) in [4.78, 5) is 1.08. The topological polar surface area (TPSA) is 25.2 Å². The molecule has 2 aromatic heterocycles. The highest BCUT2D eigenvalue weighted by Gasteiger charge is 2.19. The molecule has 0 spiro atoms. The molecular weight excluding hydrogens is 297 g/mol. The van der Waals surface area contributed by atoms with Crippen LogP contribution in [0.15, 0.2) is 40.8 Å². The van der Waals surface area contributed by atoms with Crippen LogP contribution in [-0.2, 0) is 0 Å². The zero-order valence-electron chi connectivity index (χ0n) is 10.8. The van der Waals surface area contributed by atoms with Crippen molar-refractivity contribution in [3.8, 4) is 0 Å². The third kappa shape index (κ3) is 2.59. The third-order valence-electron chi connectivity index (χ3n) is 3.07. The maximum atomic E-state index is 13.2. The van der Waals surface area contributed by atoms with E-state index in [1.807, 2.05) is 25.1 Å². The van der Waals surface area contributed by atoms with Gasteiger partial charge in [0.25, 0.3) is 0 Å². The van der Waals surface area contributed by atoms with Gasteiger partial charge in [-0.25, -0.2) is 4.39 Å². The van der Waals surface area contributed by atoms with E-state index >= 15 is 0 Å². The molecule has 104 valence electrons. The first kappa shape index (κ1) is 13.6. The first-order valence-corrected chi connectivity index (χ1v) is 7.54. The molecule has 2 nitrogen and oxygen atoms in total. The van der Waals surface area contributed by atoms with E-state index < -0.39 is 0 Å². The lowest BCUT2D eigenvalue weighted by molar-refractivity contribution is 0.481. The summed E-state index contributed by atoms with van der Waals surface area (Å²) in [6, 6.07) is 10.2. The molecule has 0 saturated heterocycles. The van der Waals surface area contributed by atoms with Crippen LogP contribution in [0, 0.1) is 5.82 Å². The molecule has 1 N–H and O–H groups in total. The summed E-state index contributed by atoms with van der Waals surface area (Å²) in [5.41, 5.74) is 0.687. The Kier molecular flexibility index (Phi) is 3.78. The van der Waals surface area contributed by atoms with E-state index in [0.717, 1.165) is 26.9 Å². The van der Waals surface area contributed by atoms with Crippen molar-refractivity contribution in [1.82, 2.24) is 5.32 Å². The Hall–Kier alpha value is -1.36. The standard InChI is InChI=1S/C15H13ClFNOS/c1-2-18-15(13-5-6-14(16)20-13)12-8-9-7-10(17)3-4-11(9)19-12/h3-8,15,18H,2H2,1H3. The quantitative estimate of drug-likeness (QED) is 0.735. The summed E-state index contributed by atoms with van der Waals surface area (Å²) < 4.78 is 19.8. The van der Waals surface area contributed by atoms with E-state index in [1.54, 1.807) is 6.07 Å². The van der Waals surface area contributed by atoms with Gasteiger partial charge in [-0.15, -0.1) is 11.3 Å². The van der Waals surface area contributed by atoms with Gasteiger partial charge in [0, 0.05) is 10.3 Å². The SMILES string of the molecule is CCNC(c1cc2cc(F)ccc2o1)c1ccc(Cl)s1. The van der Waals surface area contributed by atoms with Crippen molar-refractivity contribution in [3.05, 3.63) is 57.2 Å². The summed E-state index contributed by atoms with van der Waals surface area (Å²) in [7, 11) is 0. The Morgan fingerprint density at radius 3 is 2.85 bits per heavy atom. The van der Waals surface area contributed by atoms with Crippen molar-refractivity contribution in [2.75, 3.05) is 6.54 Å². The summed E-state index contributed by atoms with van der Waals surface area (Å²) in [5.74, 6) is 0.509. The van der Waals surface area contributed by atoms with E-state index in [0.29, 0.717) is 5.58 Å². The van der Waals surface area contributed by atoms with E-state index in [9.17, 15) is 4.39 Å². The van der Waals surface area contributed by atoms with Gasteiger partial charge in [0.05, 0.1) is 4.34 Å². The van der Waals surface area contributed by atoms with Crippen LogP contribution in [0.4, 0.5) is 4.39 Å². The van der Waals surface area contributed by atoms with E-state index in [2.05, 4.69) is 5.32 Å². The summed E-state index contributed by atoms with van der Waals surface area (Å²) in [6.07, 6.45) is 0. The fourth-order valence-corrected chi connectivity index (χ4v) is 3.35. The van der Waals surface area contributed by atoms with Gasteiger partial charge in [-0.05, 0) is 42.9 Å². The van der Waals surface area contributed by atoms with Crippen molar-refractivity contribution in [2.45, 2.75) is 13.0 Å². The molecule has 0 amide bonds. The molecular formula is C15H13ClFNOS. The number of thiophene rings is 1. The van der Waals surface area contributed by atoms with Crippen LogP contribution < -0.4 is 5.32 Å². The second kappa shape index (κ2) is 5.56.